The smallest absolute Gasteiger partial charge is 0.0553 e. The van der Waals surface area contributed by atoms with Gasteiger partial charge in [-0.25, -0.2) is 0 Å². The highest BCUT2D eigenvalue weighted by Gasteiger charge is 2.09. The number of anilines is 1. The predicted molar refractivity (Wildman–Crippen MR) is 76.5 cm³/mol. The Morgan fingerprint density at radius 2 is 2.25 bits per heavy atom. The van der Waals surface area contributed by atoms with Crippen LogP contribution in [-0.4, -0.2) is 35.6 Å². The quantitative estimate of drug-likeness (QED) is 0.677. The zero-order chi connectivity index (χ0) is 11.2. The van der Waals surface area contributed by atoms with E-state index in [0.717, 1.165) is 37.0 Å². The largest absolute Gasteiger partial charge is 0.369 e. The van der Waals surface area contributed by atoms with Crippen LogP contribution < -0.4 is 10.2 Å². The van der Waals surface area contributed by atoms with Crippen LogP contribution in [0.5, 0.6) is 0 Å². The average Bonchev–Trinajstić information content (AvgIpc) is 2.59. The fraction of sp³-hybridized carbons (Fsp3) is 0.583. The van der Waals surface area contributed by atoms with E-state index in [0.29, 0.717) is 0 Å². The van der Waals surface area contributed by atoms with Gasteiger partial charge in [-0.1, -0.05) is 22.6 Å². The first-order valence-electron chi connectivity index (χ1n) is 5.87. The summed E-state index contributed by atoms with van der Waals surface area (Å²) >= 11 is 2.39. The highest BCUT2D eigenvalue weighted by molar-refractivity contribution is 14.1. The van der Waals surface area contributed by atoms with Crippen LogP contribution >= 0.6 is 22.6 Å². The molecule has 0 radical (unpaired) electrons. The molecule has 0 aliphatic carbocycles. The SMILES string of the molecule is ICCc1ccc(N2CCCNCC2)cn1. The fourth-order valence-corrected chi connectivity index (χ4v) is 2.50. The second kappa shape index (κ2) is 6.39. The minimum Gasteiger partial charge on any atom is -0.369 e. The molecule has 0 aromatic carbocycles. The van der Waals surface area contributed by atoms with Gasteiger partial charge in [0.25, 0.3) is 0 Å². The highest BCUT2D eigenvalue weighted by Crippen LogP contribution is 2.14. The Bertz CT molecular complexity index is 305. The summed E-state index contributed by atoms with van der Waals surface area (Å²) in [5, 5.41) is 3.42. The van der Waals surface area contributed by atoms with Crippen LogP contribution in [0.4, 0.5) is 5.69 Å². The van der Waals surface area contributed by atoms with Crippen molar-refractivity contribution < 1.29 is 0 Å². The molecule has 0 amide bonds. The number of hydrogen-bond acceptors (Lipinski definition) is 3. The van der Waals surface area contributed by atoms with Gasteiger partial charge in [0.2, 0.25) is 0 Å². The summed E-state index contributed by atoms with van der Waals surface area (Å²) in [6, 6.07) is 4.37. The number of halogens is 1. The molecule has 1 aliphatic rings. The predicted octanol–water partition coefficient (Wildman–Crippen LogP) is 1.86. The van der Waals surface area contributed by atoms with Gasteiger partial charge in [-0.2, -0.15) is 0 Å². The van der Waals surface area contributed by atoms with E-state index in [2.05, 4.69) is 49.9 Å². The third-order valence-corrected chi connectivity index (χ3v) is 3.40. The maximum absolute atomic E-state index is 4.51. The monoisotopic (exact) mass is 331 g/mol. The van der Waals surface area contributed by atoms with Crippen LogP contribution in [0.15, 0.2) is 18.3 Å². The number of hydrogen-bond donors (Lipinski definition) is 1. The number of nitrogens with zero attached hydrogens (tertiary/aromatic N) is 2. The molecule has 0 atom stereocenters. The van der Waals surface area contributed by atoms with Gasteiger partial charge in [-0.3, -0.25) is 4.98 Å². The van der Waals surface area contributed by atoms with Crippen molar-refractivity contribution in [1.29, 1.82) is 0 Å². The van der Waals surface area contributed by atoms with Crippen molar-refractivity contribution in [2.45, 2.75) is 12.8 Å². The molecule has 16 heavy (non-hydrogen) atoms. The minimum atomic E-state index is 1.07. The van der Waals surface area contributed by atoms with E-state index in [1.54, 1.807) is 0 Å². The van der Waals surface area contributed by atoms with Crippen molar-refractivity contribution in [2.24, 2.45) is 0 Å². The normalized spacial score (nSPS) is 17.2. The zero-order valence-corrected chi connectivity index (χ0v) is 11.6. The fourth-order valence-electron chi connectivity index (χ4n) is 1.95. The van der Waals surface area contributed by atoms with Gasteiger partial charge in [0.05, 0.1) is 11.9 Å². The molecule has 1 aromatic rings. The molecule has 1 aliphatic heterocycles. The Hall–Kier alpha value is -0.360. The lowest BCUT2D eigenvalue weighted by Gasteiger charge is -2.21. The number of aromatic nitrogens is 1. The molecule has 88 valence electrons. The summed E-state index contributed by atoms with van der Waals surface area (Å²) in [5.74, 6) is 0. The van der Waals surface area contributed by atoms with Crippen LogP contribution in [-0.2, 0) is 6.42 Å². The van der Waals surface area contributed by atoms with Gasteiger partial charge in [0.15, 0.2) is 0 Å². The van der Waals surface area contributed by atoms with E-state index in [-0.39, 0.29) is 0 Å². The molecule has 3 nitrogen and oxygen atoms in total. The second-order valence-corrected chi connectivity index (χ2v) is 5.12. The molecule has 2 heterocycles. The summed E-state index contributed by atoms with van der Waals surface area (Å²) in [6.07, 6.45) is 4.31. The molecule has 1 saturated heterocycles. The minimum absolute atomic E-state index is 1.07. The molecule has 2 rings (SSSR count). The number of alkyl halides is 1. The first-order chi connectivity index (χ1) is 7.90. The maximum atomic E-state index is 4.51. The standard InChI is InChI=1S/C12H18IN3/c13-5-4-11-2-3-12(10-15-11)16-8-1-6-14-7-9-16/h2-3,10,14H,1,4-9H2. The van der Waals surface area contributed by atoms with Gasteiger partial charge >= 0.3 is 0 Å². The Labute approximate surface area is 111 Å². The van der Waals surface area contributed by atoms with Crippen LogP contribution in [0.25, 0.3) is 0 Å². The number of aryl methyl sites for hydroxylation is 1. The second-order valence-electron chi connectivity index (χ2n) is 4.04. The molecule has 1 fully saturated rings. The topological polar surface area (TPSA) is 28.2 Å². The van der Waals surface area contributed by atoms with Crippen molar-refractivity contribution in [3.63, 3.8) is 0 Å². The van der Waals surface area contributed by atoms with E-state index >= 15 is 0 Å². The van der Waals surface area contributed by atoms with E-state index in [1.165, 1.54) is 17.8 Å². The summed E-state index contributed by atoms with van der Waals surface area (Å²) in [5.41, 5.74) is 2.46. The molecule has 0 spiro atoms. The first-order valence-corrected chi connectivity index (χ1v) is 7.39. The van der Waals surface area contributed by atoms with Crippen molar-refractivity contribution in [1.82, 2.24) is 10.3 Å². The Kier molecular flexibility index (Phi) is 4.84. The van der Waals surface area contributed by atoms with Gasteiger partial charge in [0.1, 0.15) is 0 Å². The number of pyridine rings is 1. The molecule has 0 bridgehead atoms. The van der Waals surface area contributed by atoms with Crippen molar-refractivity contribution >= 4 is 28.3 Å². The molecule has 1 aromatic heterocycles. The van der Waals surface area contributed by atoms with Gasteiger partial charge in [-0.15, -0.1) is 0 Å². The molecule has 4 heteroatoms. The van der Waals surface area contributed by atoms with Crippen LogP contribution in [0.2, 0.25) is 0 Å². The summed E-state index contributed by atoms with van der Waals surface area (Å²) in [6.45, 7) is 4.44. The Morgan fingerprint density at radius 1 is 1.31 bits per heavy atom. The number of rotatable bonds is 3. The maximum Gasteiger partial charge on any atom is 0.0553 e. The van der Waals surface area contributed by atoms with Crippen molar-refractivity contribution in [3.8, 4) is 0 Å². The van der Waals surface area contributed by atoms with E-state index in [1.807, 2.05) is 6.20 Å². The average molecular weight is 331 g/mol. The lowest BCUT2D eigenvalue weighted by molar-refractivity contribution is 0.724. The van der Waals surface area contributed by atoms with Crippen LogP contribution in [0.3, 0.4) is 0 Å². The van der Waals surface area contributed by atoms with Crippen LogP contribution in [0, 0.1) is 0 Å². The van der Waals surface area contributed by atoms with Gasteiger partial charge in [-0.05, 0) is 31.5 Å². The third kappa shape index (κ3) is 3.31. The molecular formula is C12H18IN3. The summed E-state index contributed by atoms with van der Waals surface area (Å²) in [7, 11) is 0. The summed E-state index contributed by atoms with van der Waals surface area (Å²) in [4.78, 5) is 6.92. The molecule has 0 saturated carbocycles. The third-order valence-electron chi connectivity index (χ3n) is 2.86. The van der Waals surface area contributed by atoms with Gasteiger partial charge in [0, 0.05) is 29.8 Å². The lowest BCUT2D eigenvalue weighted by atomic mass is 10.2. The van der Waals surface area contributed by atoms with Crippen LogP contribution in [0.1, 0.15) is 12.1 Å². The van der Waals surface area contributed by atoms with Crippen molar-refractivity contribution in [3.05, 3.63) is 24.0 Å². The van der Waals surface area contributed by atoms with E-state index in [9.17, 15) is 0 Å². The zero-order valence-electron chi connectivity index (χ0n) is 9.45. The van der Waals surface area contributed by atoms with Gasteiger partial charge < -0.3 is 10.2 Å². The number of nitrogens with one attached hydrogen (secondary N) is 1. The molecular weight excluding hydrogens is 313 g/mol. The Balaban J connectivity index is 2.01. The van der Waals surface area contributed by atoms with E-state index < -0.39 is 0 Å². The first kappa shape index (κ1) is 12.1. The lowest BCUT2D eigenvalue weighted by Crippen LogP contribution is -2.27. The highest BCUT2D eigenvalue weighted by atomic mass is 127. The molecule has 0 unspecified atom stereocenters. The Morgan fingerprint density at radius 3 is 3.00 bits per heavy atom. The summed E-state index contributed by atoms with van der Waals surface area (Å²) < 4.78 is 1.14. The van der Waals surface area contributed by atoms with Crippen molar-refractivity contribution in [2.75, 3.05) is 35.5 Å². The molecule has 1 N–H and O–H groups in total. The van der Waals surface area contributed by atoms with E-state index in [4.69, 9.17) is 0 Å².